The minimum atomic E-state index is -0.436. The number of aromatic nitrogens is 1. The Morgan fingerprint density at radius 1 is 1.62 bits per heavy atom. The lowest BCUT2D eigenvalue weighted by atomic mass is 10.4. The number of hydrogen-bond acceptors (Lipinski definition) is 3. The first-order valence-corrected chi connectivity index (χ1v) is 3.65. The smallest absolute Gasteiger partial charge is 0.262 e. The molecule has 0 aliphatic heterocycles. The highest BCUT2D eigenvalue weighted by molar-refractivity contribution is 6.04. The first-order valence-electron chi connectivity index (χ1n) is 3.65. The van der Waals surface area contributed by atoms with Gasteiger partial charge in [-0.1, -0.05) is 6.07 Å². The number of amides is 1. The van der Waals surface area contributed by atoms with E-state index in [-0.39, 0.29) is 0 Å². The molecule has 0 spiro atoms. The van der Waals surface area contributed by atoms with Crippen LogP contribution in [0.4, 0.5) is 5.82 Å². The molecule has 1 aromatic heterocycles. The number of carbonyl (C=O) groups excluding carboxylic acids is 2. The summed E-state index contributed by atoms with van der Waals surface area (Å²) in [6, 6.07) is 5.19. The molecular weight excluding hydrogens is 168 g/mol. The van der Waals surface area contributed by atoms with Crippen molar-refractivity contribution in [1.29, 1.82) is 0 Å². The van der Waals surface area contributed by atoms with Crippen LogP contribution in [0, 0.1) is 0 Å². The Kier molecular flexibility index (Phi) is 2.95. The molecule has 1 amide bonds. The van der Waals surface area contributed by atoms with Crippen LogP contribution in [0.3, 0.4) is 0 Å². The lowest BCUT2D eigenvalue weighted by molar-refractivity contribution is -0.113. The molecule has 13 heavy (non-hydrogen) atoms. The zero-order chi connectivity index (χ0) is 9.68. The molecule has 1 heterocycles. The second-order valence-electron chi connectivity index (χ2n) is 2.35. The number of hydrogen-bond donors (Lipinski definition) is 0. The molecule has 0 saturated heterocycles. The third kappa shape index (κ3) is 2.25. The number of nitrogens with zero attached hydrogens (tertiary/aromatic N) is 2. The van der Waals surface area contributed by atoms with Gasteiger partial charge in [-0.05, 0) is 12.1 Å². The molecule has 0 aliphatic carbocycles. The van der Waals surface area contributed by atoms with Crippen LogP contribution in [-0.4, -0.2) is 23.9 Å². The van der Waals surface area contributed by atoms with Crippen LogP contribution in [0.1, 0.15) is 0 Å². The largest absolute Gasteiger partial charge is 0.296 e. The summed E-state index contributed by atoms with van der Waals surface area (Å²) in [4.78, 5) is 26.2. The van der Waals surface area contributed by atoms with Gasteiger partial charge in [0.05, 0.1) is 6.08 Å². The Hall–Kier alpha value is -1.93. The maximum absolute atomic E-state index is 11.1. The molecule has 0 radical (unpaired) electrons. The fourth-order valence-corrected chi connectivity index (χ4v) is 0.812. The van der Waals surface area contributed by atoms with Crippen molar-refractivity contribution in [3.05, 3.63) is 30.5 Å². The van der Waals surface area contributed by atoms with Crippen LogP contribution < -0.4 is 4.90 Å². The van der Waals surface area contributed by atoms with Gasteiger partial charge in [-0.3, -0.25) is 9.69 Å². The normalized spacial score (nSPS) is 8.69. The molecule has 0 fully saturated rings. The van der Waals surface area contributed by atoms with E-state index < -0.39 is 5.91 Å². The highest BCUT2D eigenvalue weighted by Gasteiger charge is 2.07. The van der Waals surface area contributed by atoms with Crippen LogP contribution in [0.25, 0.3) is 0 Å². The average molecular weight is 176 g/mol. The molecule has 0 unspecified atom stereocenters. The van der Waals surface area contributed by atoms with Crippen LogP contribution in [0.15, 0.2) is 30.5 Å². The molecule has 0 aliphatic rings. The molecule has 1 aromatic rings. The van der Waals surface area contributed by atoms with Gasteiger partial charge >= 0.3 is 0 Å². The second kappa shape index (κ2) is 4.18. The number of pyridine rings is 1. The molecule has 4 nitrogen and oxygen atoms in total. The zero-order valence-electron chi connectivity index (χ0n) is 7.10. The van der Waals surface area contributed by atoms with E-state index in [9.17, 15) is 9.59 Å². The van der Waals surface area contributed by atoms with Crippen molar-refractivity contribution in [2.24, 2.45) is 0 Å². The van der Waals surface area contributed by atoms with Crippen LogP contribution in [-0.2, 0) is 9.59 Å². The summed E-state index contributed by atoms with van der Waals surface area (Å²) in [5.41, 5.74) is 0. The van der Waals surface area contributed by atoms with Crippen LogP contribution >= 0.6 is 0 Å². The van der Waals surface area contributed by atoms with Crippen molar-refractivity contribution in [2.75, 3.05) is 11.9 Å². The molecule has 0 saturated carbocycles. The minimum absolute atomic E-state index is 0.436. The Bertz CT molecular complexity index is 342. The van der Waals surface area contributed by atoms with E-state index in [4.69, 9.17) is 0 Å². The van der Waals surface area contributed by atoms with Gasteiger partial charge in [0.1, 0.15) is 11.8 Å². The fourth-order valence-electron chi connectivity index (χ4n) is 0.812. The molecule has 0 atom stereocenters. The SMILES string of the molecule is CN(C(=O)C=C=O)c1ccccn1. The predicted octanol–water partition coefficient (Wildman–Crippen LogP) is 0.432. The highest BCUT2D eigenvalue weighted by atomic mass is 16.2. The summed E-state index contributed by atoms with van der Waals surface area (Å²) in [7, 11) is 1.54. The fraction of sp³-hybridized carbons (Fsp3) is 0.111. The van der Waals surface area contributed by atoms with Crippen molar-refractivity contribution in [2.45, 2.75) is 0 Å². The highest BCUT2D eigenvalue weighted by Crippen LogP contribution is 2.06. The zero-order valence-corrected chi connectivity index (χ0v) is 7.10. The van der Waals surface area contributed by atoms with E-state index in [0.717, 1.165) is 6.08 Å². The van der Waals surface area contributed by atoms with Gasteiger partial charge in [-0.15, -0.1) is 0 Å². The lowest BCUT2D eigenvalue weighted by Gasteiger charge is -2.12. The van der Waals surface area contributed by atoms with Crippen molar-refractivity contribution in [3.8, 4) is 0 Å². The summed E-state index contributed by atoms with van der Waals surface area (Å²) in [5.74, 6) is 1.49. The van der Waals surface area contributed by atoms with E-state index in [1.165, 1.54) is 10.8 Å². The molecule has 0 N–H and O–H groups in total. The Morgan fingerprint density at radius 2 is 2.38 bits per heavy atom. The third-order valence-corrected chi connectivity index (χ3v) is 1.51. The average Bonchev–Trinajstić information content (AvgIpc) is 2.18. The number of rotatable bonds is 2. The second-order valence-corrected chi connectivity index (χ2v) is 2.35. The van der Waals surface area contributed by atoms with Gasteiger partial charge in [-0.2, -0.15) is 0 Å². The van der Waals surface area contributed by atoms with Crippen molar-refractivity contribution in [1.82, 2.24) is 4.98 Å². The molecule has 66 valence electrons. The van der Waals surface area contributed by atoms with Gasteiger partial charge < -0.3 is 0 Å². The van der Waals surface area contributed by atoms with Gasteiger partial charge in [0, 0.05) is 13.2 Å². The van der Waals surface area contributed by atoms with Gasteiger partial charge in [-0.25, -0.2) is 9.78 Å². The van der Waals surface area contributed by atoms with Crippen molar-refractivity contribution in [3.63, 3.8) is 0 Å². The van der Waals surface area contributed by atoms with Crippen molar-refractivity contribution < 1.29 is 9.59 Å². The summed E-state index contributed by atoms with van der Waals surface area (Å²) in [6.07, 6.45) is 2.40. The van der Waals surface area contributed by atoms with Gasteiger partial charge in [0.15, 0.2) is 0 Å². The summed E-state index contributed by atoms with van der Waals surface area (Å²) in [5, 5.41) is 0. The Morgan fingerprint density at radius 3 is 2.92 bits per heavy atom. The van der Waals surface area contributed by atoms with E-state index in [2.05, 4.69) is 4.98 Å². The van der Waals surface area contributed by atoms with Crippen molar-refractivity contribution >= 4 is 17.7 Å². The van der Waals surface area contributed by atoms with Gasteiger partial charge in [0.2, 0.25) is 0 Å². The van der Waals surface area contributed by atoms with E-state index in [1.54, 1.807) is 31.4 Å². The first-order chi connectivity index (χ1) is 6.25. The summed E-state index contributed by atoms with van der Waals surface area (Å²) in [6.45, 7) is 0. The van der Waals surface area contributed by atoms with E-state index >= 15 is 0 Å². The Labute approximate surface area is 75.5 Å². The first kappa shape index (κ1) is 9.16. The molecule has 0 aromatic carbocycles. The maximum Gasteiger partial charge on any atom is 0.262 e. The monoisotopic (exact) mass is 176 g/mol. The van der Waals surface area contributed by atoms with Crippen LogP contribution in [0.5, 0.6) is 0 Å². The number of carbonyl (C=O) groups is 1. The van der Waals surface area contributed by atoms with E-state index in [0.29, 0.717) is 5.82 Å². The number of likely N-dealkylation sites (N-methyl/N-ethyl adjacent to an activating group) is 1. The van der Waals surface area contributed by atoms with Gasteiger partial charge in [0.25, 0.3) is 5.91 Å². The summed E-state index contributed by atoms with van der Waals surface area (Å²) < 4.78 is 0. The van der Waals surface area contributed by atoms with Crippen LogP contribution in [0.2, 0.25) is 0 Å². The molecule has 4 heteroatoms. The lowest BCUT2D eigenvalue weighted by Crippen LogP contribution is -2.24. The quantitative estimate of drug-likeness (QED) is 0.485. The third-order valence-electron chi connectivity index (χ3n) is 1.51. The maximum atomic E-state index is 11.1. The van der Waals surface area contributed by atoms with E-state index in [1.807, 2.05) is 0 Å². The molecular formula is C9H8N2O2. The topological polar surface area (TPSA) is 50.3 Å². The summed E-state index contributed by atoms with van der Waals surface area (Å²) >= 11 is 0. The Balaban J connectivity index is 2.85. The minimum Gasteiger partial charge on any atom is -0.296 e. The molecule has 0 bridgehead atoms. The number of anilines is 1. The predicted molar refractivity (Wildman–Crippen MR) is 47.9 cm³/mol. The standard InChI is InChI=1S/C9H8N2O2/c1-11(9(13)5-7-12)8-4-2-3-6-10-8/h2-6H,1H3. The molecule has 1 rings (SSSR count).